The number of hydrogen-bond donors (Lipinski definition) is 0. The fourth-order valence-corrected chi connectivity index (χ4v) is 5.87. The number of rotatable bonds is 9. The zero-order valence-corrected chi connectivity index (χ0v) is 25.7. The number of hydrogen-bond acceptors (Lipinski definition) is 4. The van der Waals surface area contributed by atoms with Crippen LogP contribution >= 0.6 is 0 Å². The number of nitrogens with zero attached hydrogens (tertiary/aromatic N) is 5. The van der Waals surface area contributed by atoms with E-state index >= 15 is 0 Å². The highest BCUT2D eigenvalue weighted by Gasteiger charge is 2.34. The van der Waals surface area contributed by atoms with E-state index in [0.717, 1.165) is 45.8 Å². The van der Waals surface area contributed by atoms with Gasteiger partial charge in [0, 0.05) is 51.6 Å². The van der Waals surface area contributed by atoms with Crippen LogP contribution < -0.4 is 0 Å². The molecular formula is C38H37N5O2. The molecule has 0 saturated heterocycles. The van der Waals surface area contributed by atoms with Crippen molar-refractivity contribution in [3.05, 3.63) is 149 Å². The third-order valence-corrected chi connectivity index (χ3v) is 8.63. The number of carbonyl (C=O) groups excluding carboxylic acids is 2. The predicted molar refractivity (Wildman–Crippen MR) is 177 cm³/mol. The van der Waals surface area contributed by atoms with Crippen molar-refractivity contribution < 1.29 is 9.59 Å². The topological polar surface area (TPSA) is 71.3 Å². The first-order valence-electron chi connectivity index (χ1n) is 15.3. The lowest BCUT2D eigenvalue weighted by Gasteiger charge is -2.37. The van der Waals surface area contributed by atoms with Gasteiger partial charge in [0.15, 0.2) is 0 Å². The maximum Gasteiger partial charge on any atom is 0.247 e. The van der Waals surface area contributed by atoms with Crippen LogP contribution in [0.5, 0.6) is 0 Å². The summed E-state index contributed by atoms with van der Waals surface area (Å²) >= 11 is 0. The molecule has 0 fully saturated rings. The molecule has 0 N–H and O–H groups in total. The van der Waals surface area contributed by atoms with Crippen molar-refractivity contribution >= 4 is 17.9 Å². The van der Waals surface area contributed by atoms with Crippen molar-refractivity contribution in [1.82, 2.24) is 24.3 Å². The maximum atomic E-state index is 14.5. The van der Waals surface area contributed by atoms with Gasteiger partial charge in [-0.1, -0.05) is 78.9 Å². The van der Waals surface area contributed by atoms with Crippen molar-refractivity contribution in [2.24, 2.45) is 7.05 Å². The molecule has 0 saturated carbocycles. The normalized spacial score (nSPS) is 13.4. The molecule has 7 nitrogen and oxygen atoms in total. The van der Waals surface area contributed by atoms with Crippen LogP contribution in [0.2, 0.25) is 0 Å². The summed E-state index contributed by atoms with van der Waals surface area (Å²) in [6, 6.07) is 29.7. The molecule has 7 heteroatoms. The Kier molecular flexibility index (Phi) is 8.96. The van der Waals surface area contributed by atoms with Crippen LogP contribution in [0.4, 0.5) is 0 Å². The van der Waals surface area contributed by atoms with E-state index in [0.29, 0.717) is 19.5 Å². The van der Waals surface area contributed by atoms with Gasteiger partial charge < -0.3 is 14.4 Å². The minimum atomic E-state index is -0.692. The number of benzene rings is 3. The molecule has 2 amide bonds. The Labute approximate surface area is 264 Å². The van der Waals surface area contributed by atoms with Crippen LogP contribution in [0.15, 0.2) is 116 Å². The lowest BCUT2D eigenvalue weighted by Crippen LogP contribution is -2.52. The number of aryl methyl sites for hydroxylation is 1. The van der Waals surface area contributed by atoms with Gasteiger partial charge in [-0.3, -0.25) is 14.6 Å². The zero-order chi connectivity index (χ0) is 31.2. The summed E-state index contributed by atoms with van der Waals surface area (Å²) in [5.41, 5.74) is 7.34. The Balaban J connectivity index is 1.35. The van der Waals surface area contributed by atoms with Gasteiger partial charge in [-0.05, 0) is 64.9 Å². The summed E-state index contributed by atoms with van der Waals surface area (Å²) in [5.74, 6) is 0.592. The molecule has 5 aromatic rings. The third kappa shape index (κ3) is 6.93. The standard InChI is InChI=1S/C38H37N5O2/c1-28-40-25-35(41(28)2)16-17-37(44)43(26-30-12-14-32(15-13-30)33-18-21-39-22-19-33)36(24-29-8-4-3-5-9-29)38(45)42-23-20-31-10-6-7-11-34(31)27-42/h3-19,21-22,25,36H,20,23-24,26-27H2,1-2H3/b17-16+/t36-/m0/s1. The number of carbonyl (C=O) groups is 2. The molecule has 1 aliphatic rings. The molecule has 2 aromatic heterocycles. The van der Waals surface area contributed by atoms with E-state index in [4.69, 9.17) is 0 Å². The fourth-order valence-electron chi connectivity index (χ4n) is 5.87. The number of aromatic nitrogens is 3. The van der Waals surface area contributed by atoms with E-state index in [1.165, 1.54) is 5.56 Å². The van der Waals surface area contributed by atoms with Gasteiger partial charge in [0.25, 0.3) is 0 Å². The molecule has 0 aliphatic carbocycles. The number of amides is 2. The van der Waals surface area contributed by atoms with Gasteiger partial charge in [-0.15, -0.1) is 0 Å². The van der Waals surface area contributed by atoms with E-state index in [2.05, 4.69) is 34.2 Å². The largest absolute Gasteiger partial charge is 0.336 e. The second kappa shape index (κ2) is 13.6. The van der Waals surface area contributed by atoms with Crippen molar-refractivity contribution in [1.29, 1.82) is 0 Å². The highest BCUT2D eigenvalue weighted by atomic mass is 16.2. The van der Waals surface area contributed by atoms with Gasteiger partial charge >= 0.3 is 0 Å². The molecule has 226 valence electrons. The van der Waals surface area contributed by atoms with Gasteiger partial charge in [0.1, 0.15) is 11.9 Å². The summed E-state index contributed by atoms with van der Waals surface area (Å²) in [5, 5.41) is 0. The van der Waals surface area contributed by atoms with Crippen LogP contribution in [0, 0.1) is 6.92 Å². The quantitative estimate of drug-likeness (QED) is 0.195. The van der Waals surface area contributed by atoms with Crippen molar-refractivity contribution in [3.63, 3.8) is 0 Å². The Bertz CT molecular complexity index is 1800. The van der Waals surface area contributed by atoms with Gasteiger partial charge in [0.2, 0.25) is 11.8 Å². The van der Waals surface area contributed by atoms with E-state index in [1.807, 2.05) is 90.2 Å². The summed E-state index contributed by atoms with van der Waals surface area (Å²) in [6.45, 7) is 3.37. The fraction of sp³-hybridized carbons (Fsp3) is 0.211. The second-order valence-electron chi connectivity index (χ2n) is 11.5. The summed E-state index contributed by atoms with van der Waals surface area (Å²) in [6.07, 6.45) is 9.86. The molecule has 45 heavy (non-hydrogen) atoms. The summed E-state index contributed by atoms with van der Waals surface area (Å²) < 4.78 is 1.93. The average Bonchev–Trinajstić information content (AvgIpc) is 3.41. The maximum absolute atomic E-state index is 14.5. The third-order valence-electron chi connectivity index (χ3n) is 8.63. The van der Waals surface area contributed by atoms with Crippen LogP contribution in [-0.4, -0.2) is 48.7 Å². The molecule has 0 bridgehead atoms. The monoisotopic (exact) mass is 595 g/mol. The molecular weight excluding hydrogens is 558 g/mol. The summed E-state index contributed by atoms with van der Waals surface area (Å²) in [7, 11) is 1.92. The van der Waals surface area contributed by atoms with E-state index in [-0.39, 0.29) is 18.4 Å². The molecule has 6 rings (SSSR count). The van der Waals surface area contributed by atoms with Crippen LogP contribution in [0.1, 0.15) is 33.8 Å². The van der Waals surface area contributed by atoms with E-state index in [9.17, 15) is 9.59 Å². The van der Waals surface area contributed by atoms with Crippen molar-refractivity contribution in [2.75, 3.05) is 6.54 Å². The molecule has 1 aliphatic heterocycles. The first-order valence-corrected chi connectivity index (χ1v) is 15.3. The average molecular weight is 596 g/mol. The Morgan fingerprint density at radius 3 is 2.27 bits per heavy atom. The number of imidazole rings is 1. The van der Waals surface area contributed by atoms with Crippen molar-refractivity contribution in [2.45, 2.75) is 38.9 Å². The van der Waals surface area contributed by atoms with Gasteiger partial charge in [-0.2, -0.15) is 0 Å². The Morgan fingerprint density at radius 2 is 1.56 bits per heavy atom. The van der Waals surface area contributed by atoms with Crippen LogP contribution in [-0.2, 0) is 42.6 Å². The zero-order valence-electron chi connectivity index (χ0n) is 25.7. The van der Waals surface area contributed by atoms with Crippen LogP contribution in [0.3, 0.4) is 0 Å². The lowest BCUT2D eigenvalue weighted by atomic mass is 9.97. The minimum absolute atomic E-state index is 0.0418. The summed E-state index contributed by atoms with van der Waals surface area (Å²) in [4.78, 5) is 40.8. The van der Waals surface area contributed by atoms with Crippen molar-refractivity contribution in [3.8, 4) is 11.1 Å². The number of pyridine rings is 1. The smallest absolute Gasteiger partial charge is 0.247 e. The van der Waals surface area contributed by atoms with E-state index in [1.54, 1.807) is 35.6 Å². The second-order valence-corrected chi connectivity index (χ2v) is 11.5. The minimum Gasteiger partial charge on any atom is -0.336 e. The van der Waals surface area contributed by atoms with Crippen LogP contribution in [0.25, 0.3) is 17.2 Å². The SMILES string of the molecule is Cc1ncc(/C=C/C(=O)N(Cc2ccc(-c3ccncc3)cc2)[C@@H](Cc2ccccc2)C(=O)N2CCc3ccccc3C2)n1C. The van der Waals surface area contributed by atoms with Gasteiger partial charge in [0.05, 0.1) is 11.9 Å². The Hall–Kier alpha value is -5.30. The Morgan fingerprint density at radius 1 is 0.867 bits per heavy atom. The highest BCUT2D eigenvalue weighted by Crippen LogP contribution is 2.24. The lowest BCUT2D eigenvalue weighted by molar-refractivity contribution is -0.144. The molecule has 0 unspecified atom stereocenters. The molecule has 3 heterocycles. The highest BCUT2D eigenvalue weighted by molar-refractivity contribution is 5.95. The first kappa shape index (κ1) is 29.8. The first-order chi connectivity index (χ1) is 22.0. The van der Waals surface area contributed by atoms with Gasteiger partial charge in [-0.25, -0.2) is 4.98 Å². The number of fused-ring (bicyclic) bond motifs is 1. The molecule has 1 atom stereocenters. The molecule has 0 spiro atoms. The molecule has 0 radical (unpaired) electrons. The van der Waals surface area contributed by atoms with E-state index < -0.39 is 6.04 Å². The molecule has 3 aromatic carbocycles. The predicted octanol–water partition coefficient (Wildman–Crippen LogP) is 6.03.